The minimum Gasteiger partial charge on any atom is -0.383 e. The van der Waals surface area contributed by atoms with Crippen LogP contribution < -0.4 is 10.6 Å². The Hall–Kier alpha value is -2.08. The van der Waals surface area contributed by atoms with Crippen LogP contribution in [-0.2, 0) is 9.53 Å². The van der Waals surface area contributed by atoms with Crippen LogP contribution in [0.15, 0.2) is 35.3 Å². The minimum absolute atomic E-state index is 0.0822. The van der Waals surface area contributed by atoms with Crippen molar-refractivity contribution in [1.82, 2.24) is 15.5 Å². The number of nitrogens with one attached hydrogen (secondary N) is 2. The number of likely N-dealkylation sites (tertiary alicyclic amines) is 1. The number of hydrogen-bond acceptors (Lipinski definition) is 3. The molecule has 0 aliphatic carbocycles. The molecule has 0 spiro atoms. The smallest absolute Gasteiger partial charge is 0.241 e. The maximum absolute atomic E-state index is 11.8. The number of rotatable bonds is 7. The first kappa shape index (κ1) is 18.3. The molecule has 0 saturated carbocycles. The summed E-state index contributed by atoms with van der Waals surface area (Å²) in [6, 6.07) is 10.6. The molecule has 0 radical (unpaired) electrons. The van der Waals surface area contributed by atoms with Gasteiger partial charge in [0.2, 0.25) is 5.91 Å². The first-order chi connectivity index (χ1) is 11.7. The summed E-state index contributed by atoms with van der Waals surface area (Å²) in [6.07, 6.45) is 1.11. The van der Waals surface area contributed by atoms with Gasteiger partial charge in [-0.2, -0.15) is 0 Å². The van der Waals surface area contributed by atoms with Crippen LogP contribution in [0.1, 0.15) is 24.8 Å². The van der Waals surface area contributed by atoms with E-state index in [-0.39, 0.29) is 12.5 Å². The highest BCUT2D eigenvalue weighted by molar-refractivity contribution is 5.85. The quantitative estimate of drug-likeness (QED) is 0.447. The van der Waals surface area contributed by atoms with E-state index in [4.69, 9.17) is 4.74 Å². The lowest BCUT2D eigenvalue weighted by Gasteiger charge is -2.21. The number of ether oxygens (including phenoxy) is 1. The van der Waals surface area contributed by atoms with Crippen LogP contribution in [0.4, 0.5) is 0 Å². The topological polar surface area (TPSA) is 66.0 Å². The molecule has 1 atom stereocenters. The summed E-state index contributed by atoms with van der Waals surface area (Å²) in [6.45, 7) is 5.88. The fraction of sp³-hybridized carbons (Fsp3) is 0.556. The van der Waals surface area contributed by atoms with E-state index in [1.165, 1.54) is 5.56 Å². The molecular weight excluding hydrogens is 304 g/mol. The maximum Gasteiger partial charge on any atom is 0.241 e. The van der Waals surface area contributed by atoms with Gasteiger partial charge in [-0.1, -0.05) is 30.3 Å². The van der Waals surface area contributed by atoms with Crippen LogP contribution in [0.25, 0.3) is 0 Å². The number of carbonyl (C=O) groups excluding carboxylic acids is 1. The molecule has 1 saturated heterocycles. The monoisotopic (exact) mass is 332 g/mol. The second-order valence-electron chi connectivity index (χ2n) is 5.86. The van der Waals surface area contributed by atoms with E-state index in [0.717, 1.165) is 32.0 Å². The van der Waals surface area contributed by atoms with Crippen molar-refractivity contribution in [2.75, 3.05) is 46.4 Å². The van der Waals surface area contributed by atoms with Crippen molar-refractivity contribution in [2.24, 2.45) is 4.99 Å². The molecule has 2 rings (SSSR count). The Kier molecular flexibility index (Phi) is 7.55. The zero-order valence-electron chi connectivity index (χ0n) is 14.6. The largest absolute Gasteiger partial charge is 0.383 e. The normalized spacial score (nSPS) is 17.8. The first-order valence-corrected chi connectivity index (χ1v) is 8.58. The highest BCUT2D eigenvalue weighted by Crippen LogP contribution is 2.26. The van der Waals surface area contributed by atoms with E-state index in [1.807, 2.05) is 13.0 Å². The van der Waals surface area contributed by atoms with Crippen LogP contribution in [0.5, 0.6) is 0 Å². The molecule has 0 aromatic heterocycles. The van der Waals surface area contributed by atoms with E-state index in [9.17, 15) is 4.79 Å². The molecule has 132 valence electrons. The van der Waals surface area contributed by atoms with Gasteiger partial charge in [-0.05, 0) is 18.9 Å². The molecule has 1 amide bonds. The third-order valence-electron chi connectivity index (χ3n) is 4.09. The molecule has 0 bridgehead atoms. The number of guanidine groups is 1. The summed E-state index contributed by atoms with van der Waals surface area (Å²) >= 11 is 0. The Balaban J connectivity index is 1.90. The average molecular weight is 332 g/mol. The summed E-state index contributed by atoms with van der Waals surface area (Å²) in [5, 5.41) is 6.08. The summed E-state index contributed by atoms with van der Waals surface area (Å²) in [7, 11) is 1.62. The molecule has 1 aliphatic heterocycles. The van der Waals surface area contributed by atoms with Crippen LogP contribution in [0.3, 0.4) is 0 Å². The van der Waals surface area contributed by atoms with Gasteiger partial charge in [0.05, 0.1) is 6.61 Å². The van der Waals surface area contributed by atoms with Gasteiger partial charge < -0.3 is 20.3 Å². The Labute approximate surface area is 144 Å². The van der Waals surface area contributed by atoms with E-state index in [2.05, 4.69) is 44.8 Å². The molecule has 1 unspecified atom stereocenters. The predicted molar refractivity (Wildman–Crippen MR) is 96.2 cm³/mol. The Morgan fingerprint density at radius 1 is 1.33 bits per heavy atom. The summed E-state index contributed by atoms with van der Waals surface area (Å²) in [5.41, 5.74) is 1.37. The second kappa shape index (κ2) is 9.93. The fourth-order valence-corrected chi connectivity index (χ4v) is 2.87. The number of carbonyl (C=O) groups is 1. The fourth-order valence-electron chi connectivity index (χ4n) is 2.87. The lowest BCUT2D eigenvalue weighted by Crippen LogP contribution is -2.41. The molecule has 1 fully saturated rings. The number of benzene rings is 1. The zero-order valence-corrected chi connectivity index (χ0v) is 14.6. The Morgan fingerprint density at radius 2 is 2.12 bits per heavy atom. The van der Waals surface area contributed by atoms with Crippen molar-refractivity contribution < 1.29 is 9.53 Å². The van der Waals surface area contributed by atoms with E-state index < -0.39 is 0 Å². The standard InChI is InChI=1S/C18H28N4O2/c1-3-19-18(21-13-17(23)20-10-12-24-2)22-11-9-16(14-22)15-7-5-4-6-8-15/h4-8,16H,3,9-14H2,1-2H3,(H,19,21)(H,20,23). The third kappa shape index (κ3) is 5.53. The average Bonchev–Trinajstić information content (AvgIpc) is 3.09. The SMILES string of the molecule is CCNC(=NCC(=O)NCCOC)N1CCC(c2ccccc2)C1. The summed E-state index contributed by atoms with van der Waals surface area (Å²) in [4.78, 5) is 18.5. The van der Waals surface area contributed by atoms with Crippen molar-refractivity contribution in [2.45, 2.75) is 19.3 Å². The molecule has 1 aromatic carbocycles. The van der Waals surface area contributed by atoms with Gasteiger partial charge in [-0.3, -0.25) is 4.79 Å². The number of methoxy groups -OCH3 is 1. The van der Waals surface area contributed by atoms with Crippen LogP contribution in [0.2, 0.25) is 0 Å². The van der Waals surface area contributed by atoms with Gasteiger partial charge in [0.15, 0.2) is 5.96 Å². The molecule has 1 aliphatic rings. The Bertz CT molecular complexity index is 533. The minimum atomic E-state index is -0.0822. The lowest BCUT2D eigenvalue weighted by atomic mass is 9.99. The van der Waals surface area contributed by atoms with Crippen LogP contribution in [-0.4, -0.2) is 63.2 Å². The molecule has 24 heavy (non-hydrogen) atoms. The lowest BCUT2D eigenvalue weighted by molar-refractivity contribution is -0.119. The molecule has 6 nitrogen and oxygen atoms in total. The molecular formula is C18H28N4O2. The molecule has 1 aromatic rings. The van der Waals surface area contributed by atoms with E-state index >= 15 is 0 Å². The second-order valence-corrected chi connectivity index (χ2v) is 5.86. The summed E-state index contributed by atoms with van der Waals surface area (Å²) in [5.74, 6) is 1.25. The van der Waals surface area contributed by atoms with Gasteiger partial charge in [0, 0.05) is 39.2 Å². The van der Waals surface area contributed by atoms with Gasteiger partial charge in [0.1, 0.15) is 6.54 Å². The van der Waals surface area contributed by atoms with Crippen LogP contribution in [0, 0.1) is 0 Å². The molecule has 1 heterocycles. The predicted octanol–water partition coefficient (Wildman–Crippen LogP) is 1.20. The number of aliphatic imine (C=N–C) groups is 1. The maximum atomic E-state index is 11.8. The number of hydrogen-bond donors (Lipinski definition) is 2. The summed E-state index contributed by atoms with van der Waals surface area (Å²) < 4.78 is 4.92. The van der Waals surface area contributed by atoms with E-state index in [0.29, 0.717) is 19.1 Å². The van der Waals surface area contributed by atoms with Gasteiger partial charge >= 0.3 is 0 Å². The highest BCUT2D eigenvalue weighted by Gasteiger charge is 2.25. The van der Waals surface area contributed by atoms with Crippen molar-refractivity contribution in [3.63, 3.8) is 0 Å². The third-order valence-corrected chi connectivity index (χ3v) is 4.09. The zero-order chi connectivity index (χ0) is 17.2. The number of nitrogens with zero attached hydrogens (tertiary/aromatic N) is 2. The Morgan fingerprint density at radius 3 is 2.83 bits per heavy atom. The molecule has 6 heteroatoms. The molecule has 2 N–H and O–H groups in total. The van der Waals surface area contributed by atoms with Crippen molar-refractivity contribution >= 4 is 11.9 Å². The highest BCUT2D eigenvalue weighted by atomic mass is 16.5. The van der Waals surface area contributed by atoms with E-state index in [1.54, 1.807) is 7.11 Å². The van der Waals surface area contributed by atoms with Crippen molar-refractivity contribution in [3.8, 4) is 0 Å². The van der Waals surface area contributed by atoms with Gasteiger partial charge in [-0.15, -0.1) is 0 Å². The number of amides is 1. The van der Waals surface area contributed by atoms with Crippen molar-refractivity contribution in [3.05, 3.63) is 35.9 Å². The van der Waals surface area contributed by atoms with Crippen LogP contribution >= 0.6 is 0 Å². The van der Waals surface area contributed by atoms with Crippen molar-refractivity contribution in [1.29, 1.82) is 0 Å². The first-order valence-electron chi connectivity index (χ1n) is 8.58. The van der Waals surface area contributed by atoms with Gasteiger partial charge in [-0.25, -0.2) is 4.99 Å². The van der Waals surface area contributed by atoms with Gasteiger partial charge in [0.25, 0.3) is 0 Å².